The van der Waals surface area contributed by atoms with Gasteiger partial charge in [-0.1, -0.05) is 6.07 Å². The fourth-order valence-electron chi connectivity index (χ4n) is 3.33. The number of rotatable bonds is 3. The fourth-order valence-corrected chi connectivity index (χ4v) is 4.16. The second-order valence-electron chi connectivity index (χ2n) is 6.56. The van der Waals surface area contributed by atoms with Crippen molar-refractivity contribution in [1.29, 1.82) is 0 Å². The molecule has 3 aromatic rings. The van der Waals surface area contributed by atoms with Crippen molar-refractivity contribution in [2.24, 2.45) is 0 Å². The lowest BCUT2D eigenvalue weighted by Gasteiger charge is -2.33. The number of phenolic OH excluding ortho intramolecular Hbond substituents is 1. The summed E-state index contributed by atoms with van der Waals surface area (Å²) in [6.07, 6.45) is 4.59. The highest BCUT2D eigenvalue weighted by Crippen LogP contribution is 2.34. The largest absolute Gasteiger partial charge is 0.519 e. The van der Waals surface area contributed by atoms with Gasteiger partial charge in [-0.2, -0.15) is 9.40 Å². The number of phenols is 1. The van der Waals surface area contributed by atoms with Gasteiger partial charge in [0.05, 0.1) is 36.4 Å². The topological polar surface area (TPSA) is 95.9 Å². The molecule has 1 aliphatic heterocycles. The van der Waals surface area contributed by atoms with Gasteiger partial charge in [-0.05, 0) is 18.2 Å². The Kier molecular flexibility index (Phi) is 4.41. The fraction of sp³-hybridized carbons (Fsp3) is 0.278. The Morgan fingerprint density at radius 3 is 2.61 bits per heavy atom. The number of pyridine rings is 1. The Labute approximate surface area is 162 Å². The number of benzene rings is 1. The molecule has 1 aromatic carbocycles. The molecule has 1 saturated heterocycles. The van der Waals surface area contributed by atoms with Crippen LogP contribution >= 0.6 is 0 Å². The van der Waals surface area contributed by atoms with Crippen molar-refractivity contribution in [3.05, 3.63) is 48.1 Å². The van der Waals surface area contributed by atoms with Crippen LogP contribution in [-0.2, 0) is 10.0 Å². The van der Waals surface area contributed by atoms with Crippen molar-refractivity contribution in [3.8, 4) is 11.4 Å². The molecule has 1 fully saturated rings. The average molecular weight is 398 g/mol. The normalized spacial score (nSPS) is 15.6. The Bertz CT molecular complexity index is 1190. The third-order valence-electron chi connectivity index (χ3n) is 4.81. The number of anilines is 1. The number of fused-ring (bicyclic) bond motifs is 1. The minimum Gasteiger partial charge on any atom is -0.519 e. The molecule has 0 radical (unpaired) electrons. The summed E-state index contributed by atoms with van der Waals surface area (Å²) in [5.41, 5.74) is 1.34. The zero-order valence-corrected chi connectivity index (χ0v) is 16.0. The number of piperazine rings is 1. The molecule has 28 heavy (non-hydrogen) atoms. The highest BCUT2D eigenvalue weighted by molar-refractivity contribution is 7.88. The van der Waals surface area contributed by atoms with Gasteiger partial charge in [-0.15, -0.1) is 0 Å². The van der Waals surface area contributed by atoms with E-state index in [-0.39, 0.29) is 11.4 Å². The lowest BCUT2D eigenvalue weighted by molar-refractivity contribution is 0.387. The van der Waals surface area contributed by atoms with E-state index in [1.165, 1.54) is 16.6 Å². The molecular formula is C18H18N6O3S. The summed E-state index contributed by atoms with van der Waals surface area (Å²) in [7, 11) is -3.18. The molecule has 0 amide bonds. The second kappa shape index (κ2) is 6.78. The summed E-state index contributed by atoms with van der Waals surface area (Å²) < 4.78 is 26.4. The second-order valence-corrected chi connectivity index (χ2v) is 8.55. The van der Waals surface area contributed by atoms with E-state index < -0.39 is 10.0 Å². The Morgan fingerprint density at radius 2 is 1.93 bits per heavy atom. The van der Waals surface area contributed by atoms with Crippen molar-refractivity contribution < 1.29 is 13.5 Å². The standard InChI is InChI=1S/C18H18N6O3S/c1-19-18-14(4-3-5-16(18)25)24-15-12-20-17(10-13(15)11-21-24)22-6-8-23(9-7-22)28(2,26)27/h3-5,10-12,25H,6-9H2,2H3. The molecule has 0 unspecified atom stereocenters. The molecule has 2 aromatic heterocycles. The van der Waals surface area contributed by atoms with Gasteiger partial charge < -0.3 is 10.0 Å². The average Bonchev–Trinajstić information content (AvgIpc) is 3.10. The van der Waals surface area contributed by atoms with Crippen LogP contribution in [0.15, 0.2) is 36.7 Å². The van der Waals surface area contributed by atoms with Gasteiger partial charge in [0.15, 0.2) is 0 Å². The van der Waals surface area contributed by atoms with Crippen LogP contribution in [0.5, 0.6) is 5.75 Å². The van der Waals surface area contributed by atoms with Crippen molar-refractivity contribution in [3.63, 3.8) is 0 Å². The number of hydrogen-bond donors (Lipinski definition) is 1. The molecule has 4 rings (SSSR count). The van der Waals surface area contributed by atoms with Crippen LogP contribution in [0.3, 0.4) is 0 Å². The molecule has 0 saturated carbocycles. The number of hydrogen-bond acceptors (Lipinski definition) is 6. The van der Waals surface area contributed by atoms with Crippen LogP contribution in [0.4, 0.5) is 11.5 Å². The lowest BCUT2D eigenvalue weighted by atomic mass is 10.2. The van der Waals surface area contributed by atoms with Crippen LogP contribution in [0.1, 0.15) is 0 Å². The van der Waals surface area contributed by atoms with Gasteiger partial charge >= 0.3 is 0 Å². The zero-order valence-electron chi connectivity index (χ0n) is 15.1. The number of sulfonamides is 1. The van der Waals surface area contributed by atoms with Crippen LogP contribution in [-0.4, -0.2) is 65.0 Å². The highest BCUT2D eigenvalue weighted by atomic mass is 32.2. The van der Waals surface area contributed by atoms with E-state index in [2.05, 4.69) is 14.9 Å². The maximum absolute atomic E-state index is 11.7. The predicted octanol–water partition coefficient (Wildman–Crippen LogP) is 1.76. The highest BCUT2D eigenvalue weighted by Gasteiger charge is 2.24. The first-order chi connectivity index (χ1) is 13.4. The summed E-state index contributed by atoms with van der Waals surface area (Å²) in [6, 6.07) is 6.75. The maximum Gasteiger partial charge on any atom is 0.252 e. The van der Waals surface area contributed by atoms with Gasteiger partial charge in [-0.25, -0.2) is 22.9 Å². The van der Waals surface area contributed by atoms with Gasteiger partial charge in [0.25, 0.3) is 5.69 Å². The monoisotopic (exact) mass is 398 g/mol. The van der Waals surface area contributed by atoms with E-state index in [1.54, 1.807) is 29.2 Å². The molecule has 0 bridgehead atoms. The zero-order chi connectivity index (χ0) is 19.9. The van der Waals surface area contributed by atoms with Crippen molar-refractivity contribution in [1.82, 2.24) is 19.1 Å². The van der Waals surface area contributed by atoms with E-state index >= 15 is 0 Å². The summed E-state index contributed by atoms with van der Waals surface area (Å²) in [5, 5.41) is 15.1. The van der Waals surface area contributed by atoms with Crippen molar-refractivity contribution in [2.75, 3.05) is 37.3 Å². The van der Waals surface area contributed by atoms with Crippen molar-refractivity contribution >= 4 is 32.4 Å². The van der Waals surface area contributed by atoms with Crippen LogP contribution in [0.25, 0.3) is 21.4 Å². The molecule has 9 nitrogen and oxygen atoms in total. The molecule has 144 valence electrons. The SMILES string of the molecule is [C-]#[N+]c1c(O)cccc1-n1ncc2cc(N3CCN(S(C)(=O)=O)CC3)ncc21. The summed E-state index contributed by atoms with van der Waals surface area (Å²) in [4.78, 5) is 9.96. The lowest BCUT2D eigenvalue weighted by Crippen LogP contribution is -2.48. The van der Waals surface area contributed by atoms with E-state index in [4.69, 9.17) is 6.57 Å². The molecule has 0 aliphatic carbocycles. The molecule has 3 heterocycles. The van der Waals surface area contributed by atoms with E-state index in [0.717, 1.165) is 11.2 Å². The molecular weight excluding hydrogens is 380 g/mol. The molecule has 0 spiro atoms. The third-order valence-corrected chi connectivity index (χ3v) is 6.11. The first-order valence-corrected chi connectivity index (χ1v) is 10.5. The minimum absolute atomic E-state index is 0.0931. The van der Waals surface area contributed by atoms with Gasteiger partial charge in [0.2, 0.25) is 10.0 Å². The predicted molar refractivity (Wildman–Crippen MR) is 105 cm³/mol. The van der Waals surface area contributed by atoms with Crippen LogP contribution in [0.2, 0.25) is 0 Å². The Balaban J connectivity index is 1.65. The third kappa shape index (κ3) is 3.15. The van der Waals surface area contributed by atoms with Gasteiger partial charge in [-0.3, -0.25) is 0 Å². The van der Waals surface area contributed by atoms with Crippen LogP contribution < -0.4 is 4.90 Å². The number of aromatic nitrogens is 3. The summed E-state index contributed by atoms with van der Waals surface area (Å²) >= 11 is 0. The smallest absolute Gasteiger partial charge is 0.252 e. The number of nitrogens with zero attached hydrogens (tertiary/aromatic N) is 6. The van der Waals surface area contributed by atoms with Gasteiger partial charge in [0.1, 0.15) is 11.6 Å². The molecule has 10 heteroatoms. The van der Waals surface area contributed by atoms with Gasteiger partial charge in [0, 0.05) is 31.6 Å². The minimum atomic E-state index is -3.18. The molecule has 1 N–H and O–H groups in total. The number of para-hydroxylation sites is 1. The quantitative estimate of drug-likeness (QED) is 0.676. The van der Waals surface area contributed by atoms with E-state index in [0.29, 0.717) is 37.4 Å². The summed E-state index contributed by atoms with van der Waals surface area (Å²) in [6.45, 7) is 9.30. The summed E-state index contributed by atoms with van der Waals surface area (Å²) in [5.74, 6) is 0.658. The first kappa shape index (κ1) is 18.2. The van der Waals surface area contributed by atoms with E-state index in [1.807, 2.05) is 11.0 Å². The Hall–Kier alpha value is -3.16. The first-order valence-electron chi connectivity index (χ1n) is 8.62. The van der Waals surface area contributed by atoms with E-state index in [9.17, 15) is 13.5 Å². The Morgan fingerprint density at radius 1 is 1.18 bits per heavy atom. The molecule has 1 aliphatic rings. The van der Waals surface area contributed by atoms with Crippen LogP contribution in [0, 0.1) is 6.57 Å². The number of aromatic hydroxyl groups is 1. The van der Waals surface area contributed by atoms with Crippen molar-refractivity contribution in [2.45, 2.75) is 0 Å². The molecule has 0 atom stereocenters. The maximum atomic E-state index is 11.7.